The van der Waals surface area contributed by atoms with Crippen LogP contribution < -0.4 is 14.8 Å². The summed E-state index contributed by atoms with van der Waals surface area (Å²) in [6.07, 6.45) is 3.58. The van der Waals surface area contributed by atoms with Crippen LogP contribution >= 0.6 is 0 Å². The number of benzene rings is 1. The van der Waals surface area contributed by atoms with Gasteiger partial charge in [0.25, 0.3) is 0 Å². The molecule has 1 aromatic rings. The van der Waals surface area contributed by atoms with Crippen LogP contribution in [-0.2, 0) is 9.59 Å². The molecule has 0 atom stereocenters. The highest BCUT2D eigenvalue weighted by Crippen LogP contribution is 2.32. The number of nitrogens with zero attached hydrogens (tertiary/aromatic N) is 1. The molecule has 0 unspecified atom stereocenters. The zero-order valence-electron chi connectivity index (χ0n) is 14.7. The lowest BCUT2D eigenvalue weighted by Crippen LogP contribution is -2.44. The molecule has 2 amide bonds. The lowest BCUT2D eigenvalue weighted by atomic mass is 9.95. The smallest absolute Gasteiger partial charge is 0.225 e. The summed E-state index contributed by atoms with van der Waals surface area (Å²) in [5.41, 5.74) is 0. The maximum absolute atomic E-state index is 12.2. The molecule has 0 spiro atoms. The van der Waals surface area contributed by atoms with Crippen LogP contribution in [0.3, 0.4) is 0 Å². The normalized spacial score (nSPS) is 17.9. The van der Waals surface area contributed by atoms with Crippen LogP contribution in [0.15, 0.2) is 24.3 Å². The van der Waals surface area contributed by atoms with Gasteiger partial charge < -0.3 is 19.7 Å². The molecular weight excluding hydrogens is 320 g/mol. The molecule has 2 aliphatic rings. The van der Waals surface area contributed by atoms with Crippen LogP contribution in [0.2, 0.25) is 0 Å². The van der Waals surface area contributed by atoms with Crippen molar-refractivity contribution in [2.24, 2.45) is 11.8 Å². The van der Waals surface area contributed by atoms with Crippen molar-refractivity contribution in [3.8, 4) is 11.5 Å². The highest BCUT2D eigenvalue weighted by molar-refractivity contribution is 5.82. The van der Waals surface area contributed by atoms with Crippen molar-refractivity contribution >= 4 is 11.8 Å². The molecule has 1 saturated carbocycles. The summed E-state index contributed by atoms with van der Waals surface area (Å²) < 4.78 is 10.7. The van der Waals surface area contributed by atoms with Crippen LogP contribution in [0.1, 0.15) is 25.7 Å². The van der Waals surface area contributed by atoms with Crippen molar-refractivity contribution in [3.05, 3.63) is 24.3 Å². The first-order valence-electron chi connectivity index (χ1n) is 9.00. The fourth-order valence-corrected chi connectivity index (χ4v) is 3.11. The fourth-order valence-electron chi connectivity index (χ4n) is 3.11. The number of nitrogens with one attached hydrogen (secondary N) is 1. The van der Waals surface area contributed by atoms with Gasteiger partial charge in [0.05, 0.1) is 13.7 Å². The molecule has 1 heterocycles. The Bertz CT molecular complexity index is 590. The van der Waals surface area contributed by atoms with Gasteiger partial charge in [0.1, 0.15) is 18.1 Å². The minimum atomic E-state index is 0.00393. The largest absolute Gasteiger partial charge is 0.497 e. The molecule has 3 rings (SSSR count). The van der Waals surface area contributed by atoms with E-state index in [-0.39, 0.29) is 23.7 Å². The maximum Gasteiger partial charge on any atom is 0.225 e. The lowest BCUT2D eigenvalue weighted by Gasteiger charge is -2.31. The minimum Gasteiger partial charge on any atom is -0.497 e. The molecule has 1 aliphatic heterocycles. The average Bonchev–Trinajstić information content (AvgIpc) is 3.50. The molecule has 2 fully saturated rings. The van der Waals surface area contributed by atoms with Crippen LogP contribution in [0.5, 0.6) is 11.5 Å². The average molecular weight is 346 g/mol. The van der Waals surface area contributed by atoms with Crippen molar-refractivity contribution in [1.82, 2.24) is 10.2 Å². The van der Waals surface area contributed by atoms with Crippen LogP contribution in [0, 0.1) is 11.8 Å². The van der Waals surface area contributed by atoms with Crippen molar-refractivity contribution in [1.29, 1.82) is 0 Å². The third-order valence-corrected chi connectivity index (χ3v) is 4.83. The van der Waals surface area contributed by atoms with Gasteiger partial charge in [-0.05, 0) is 49.9 Å². The number of ether oxygens (including phenoxy) is 2. The number of methoxy groups -OCH3 is 1. The number of hydrogen-bond donors (Lipinski definition) is 1. The van der Waals surface area contributed by atoms with E-state index in [2.05, 4.69) is 5.32 Å². The van der Waals surface area contributed by atoms with E-state index in [1.807, 2.05) is 29.2 Å². The Morgan fingerprint density at radius 3 is 2.28 bits per heavy atom. The first-order valence-corrected chi connectivity index (χ1v) is 9.00. The molecule has 1 saturated heterocycles. The standard InChI is InChI=1S/C19H26N2O4/c1-24-16-4-6-17(7-5-16)25-13-10-20-18(22)14-8-11-21(12-9-14)19(23)15-2-3-15/h4-7,14-15H,2-3,8-13H2,1H3,(H,20,22). The Labute approximate surface area is 148 Å². The van der Waals surface area contributed by atoms with Crippen molar-refractivity contribution in [3.63, 3.8) is 0 Å². The third-order valence-electron chi connectivity index (χ3n) is 4.83. The highest BCUT2D eigenvalue weighted by atomic mass is 16.5. The van der Waals surface area contributed by atoms with Gasteiger partial charge in [0.2, 0.25) is 11.8 Å². The van der Waals surface area contributed by atoms with E-state index in [1.54, 1.807) is 7.11 Å². The Balaban J connectivity index is 1.32. The molecule has 0 bridgehead atoms. The summed E-state index contributed by atoms with van der Waals surface area (Å²) >= 11 is 0. The molecule has 1 aliphatic carbocycles. The van der Waals surface area contributed by atoms with Gasteiger partial charge in [0, 0.05) is 24.9 Å². The molecule has 6 nitrogen and oxygen atoms in total. The second-order valence-corrected chi connectivity index (χ2v) is 6.69. The van der Waals surface area contributed by atoms with E-state index in [9.17, 15) is 9.59 Å². The molecular formula is C19H26N2O4. The van der Waals surface area contributed by atoms with Gasteiger partial charge >= 0.3 is 0 Å². The fraction of sp³-hybridized carbons (Fsp3) is 0.579. The lowest BCUT2D eigenvalue weighted by molar-refractivity contribution is -0.136. The molecule has 136 valence electrons. The van der Waals surface area contributed by atoms with E-state index in [4.69, 9.17) is 9.47 Å². The number of carbonyl (C=O) groups is 2. The predicted octanol–water partition coefficient (Wildman–Crippen LogP) is 1.84. The number of carbonyl (C=O) groups excluding carboxylic acids is 2. The van der Waals surface area contributed by atoms with Crippen LogP contribution in [-0.4, -0.2) is 50.1 Å². The Kier molecular flexibility index (Phi) is 5.79. The maximum atomic E-state index is 12.2. The Hall–Kier alpha value is -2.24. The number of rotatable bonds is 7. The van der Waals surface area contributed by atoms with E-state index in [0.29, 0.717) is 26.2 Å². The van der Waals surface area contributed by atoms with E-state index in [1.165, 1.54) is 0 Å². The predicted molar refractivity (Wildman–Crippen MR) is 93.5 cm³/mol. The van der Waals surface area contributed by atoms with Crippen LogP contribution in [0.4, 0.5) is 0 Å². The highest BCUT2D eigenvalue weighted by Gasteiger charge is 2.35. The minimum absolute atomic E-state index is 0.00393. The zero-order valence-corrected chi connectivity index (χ0v) is 14.7. The van der Waals surface area contributed by atoms with E-state index in [0.717, 1.165) is 37.2 Å². The summed E-state index contributed by atoms with van der Waals surface area (Å²) in [6.45, 7) is 2.31. The molecule has 0 aromatic heterocycles. The van der Waals surface area contributed by atoms with Gasteiger partial charge in [-0.15, -0.1) is 0 Å². The van der Waals surface area contributed by atoms with Gasteiger partial charge in [-0.1, -0.05) is 0 Å². The van der Waals surface area contributed by atoms with Gasteiger partial charge in [0.15, 0.2) is 0 Å². The van der Waals surface area contributed by atoms with Crippen molar-refractivity contribution in [2.75, 3.05) is 33.4 Å². The number of hydrogen-bond acceptors (Lipinski definition) is 4. The summed E-state index contributed by atoms with van der Waals surface area (Å²) in [7, 11) is 1.62. The quantitative estimate of drug-likeness (QED) is 0.765. The van der Waals surface area contributed by atoms with Gasteiger partial charge in [-0.25, -0.2) is 0 Å². The second kappa shape index (κ2) is 8.23. The Morgan fingerprint density at radius 2 is 1.68 bits per heavy atom. The molecule has 0 radical (unpaired) electrons. The first kappa shape index (κ1) is 17.6. The van der Waals surface area contributed by atoms with Gasteiger partial charge in [-0.3, -0.25) is 9.59 Å². The second-order valence-electron chi connectivity index (χ2n) is 6.69. The number of piperidine rings is 1. The summed E-state index contributed by atoms with van der Waals surface area (Å²) in [5.74, 6) is 2.16. The summed E-state index contributed by atoms with van der Waals surface area (Å²) in [4.78, 5) is 26.2. The van der Waals surface area contributed by atoms with Crippen molar-refractivity contribution < 1.29 is 19.1 Å². The van der Waals surface area contributed by atoms with Crippen LogP contribution in [0.25, 0.3) is 0 Å². The van der Waals surface area contributed by atoms with E-state index >= 15 is 0 Å². The first-order chi connectivity index (χ1) is 12.2. The number of amides is 2. The number of likely N-dealkylation sites (tertiary alicyclic amines) is 1. The summed E-state index contributed by atoms with van der Waals surface area (Å²) in [6, 6.07) is 7.36. The van der Waals surface area contributed by atoms with Gasteiger partial charge in [-0.2, -0.15) is 0 Å². The Morgan fingerprint density at radius 1 is 1.04 bits per heavy atom. The topological polar surface area (TPSA) is 67.9 Å². The molecule has 1 N–H and O–H groups in total. The SMILES string of the molecule is COc1ccc(OCCNC(=O)C2CCN(C(=O)C3CC3)CC2)cc1. The molecule has 25 heavy (non-hydrogen) atoms. The zero-order chi connectivity index (χ0) is 17.6. The molecule has 1 aromatic carbocycles. The van der Waals surface area contributed by atoms with Crippen molar-refractivity contribution in [2.45, 2.75) is 25.7 Å². The summed E-state index contributed by atoms with van der Waals surface area (Å²) in [5, 5.41) is 2.93. The monoisotopic (exact) mass is 346 g/mol. The molecule has 6 heteroatoms. The van der Waals surface area contributed by atoms with E-state index < -0.39 is 0 Å². The third kappa shape index (κ3) is 4.87.